The number of hydrogen-bond acceptors (Lipinski definition) is 11. The number of hydrogen-bond donors (Lipinski definition) is 2. The molecule has 0 spiro atoms. The van der Waals surface area contributed by atoms with Crippen molar-refractivity contribution in [1.82, 2.24) is 38.8 Å². The lowest BCUT2D eigenvalue weighted by molar-refractivity contribution is 0.211. The first-order valence-corrected chi connectivity index (χ1v) is 14.9. The van der Waals surface area contributed by atoms with Gasteiger partial charge in [-0.25, -0.2) is 24.3 Å². The van der Waals surface area contributed by atoms with Gasteiger partial charge >= 0.3 is 0 Å². The second kappa shape index (κ2) is 11.8. The predicted octanol–water partition coefficient (Wildman–Crippen LogP) is 5.07. The summed E-state index contributed by atoms with van der Waals surface area (Å²) >= 11 is 1.28. The van der Waals surface area contributed by atoms with E-state index in [9.17, 15) is 4.39 Å². The minimum Gasteiger partial charge on any atom is -0.382 e. The zero-order valence-corrected chi connectivity index (χ0v) is 24.2. The molecule has 1 aromatic carbocycles. The second-order valence-electron chi connectivity index (χ2n) is 10.5. The van der Waals surface area contributed by atoms with E-state index >= 15 is 0 Å². The van der Waals surface area contributed by atoms with Crippen LogP contribution in [-0.2, 0) is 6.54 Å². The van der Waals surface area contributed by atoms with Crippen LogP contribution in [0.25, 0.3) is 39.6 Å². The van der Waals surface area contributed by atoms with Gasteiger partial charge in [0.15, 0.2) is 11.5 Å². The number of nitriles is 1. The lowest BCUT2D eigenvalue weighted by Gasteiger charge is -2.32. The summed E-state index contributed by atoms with van der Waals surface area (Å²) in [5, 5.41) is 14.4. The van der Waals surface area contributed by atoms with Gasteiger partial charge in [0.1, 0.15) is 29.0 Å². The summed E-state index contributed by atoms with van der Waals surface area (Å²) in [6.45, 7) is 2.72. The van der Waals surface area contributed by atoms with E-state index in [1.807, 2.05) is 28.1 Å². The largest absolute Gasteiger partial charge is 0.382 e. The Morgan fingerprint density at radius 3 is 2.52 bits per heavy atom. The average Bonchev–Trinajstić information content (AvgIpc) is 3.65. The Bertz CT molecular complexity index is 1970. The molecule has 0 unspecified atom stereocenters. The highest BCUT2D eigenvalue weighted by Crippen LogP contribution is 2.33. The molecule has 0 amide bonds. The van der Waals surface area contributed by atoms with Gasteiger partial charge in [-0.3, -0.25) is 14.5 Å². The normalized spacial score (nSPS) is 14.1. The predicted molar refractivity (Wildman–Crippen MR) is 166 cm³/mol. The number of anilines is 2. The number of nitrogens with zero attached hydrogens (tertiary/aromatic N) is 9. The van der Waals surface area contributed by atoms with Crippen molar-refractivity contribution in [2.24, 2.45) is 0 Å². The van der Waals surface area contributed by atoms with Crippen LogP contribution in [0, 0.1) is 17.1 Å². The van der Waals surface area contributed by atoms with E-state index in [-0.39, 0.29) is 5.82 Å². The first kappa shape index (κ1) is 27.5. The van der Waals surface area contributed by atoms with Crippen LogP contribution in [0.4, 0.5) is 16.0 Å². The standard InChI is InChI=1S/C31H26FN11S/c32-20-3-6-24(36-16-20)25-7-8-26-31(38-25)43(30(39-26)23-18-44-41-29(23)34)22-4-1-19(2-5-22)17-42-13-10-21(11-14-42)37-27-9-12-35-28(15-33)40-27/h1-9,12,16,18,21H,10-11,13-14,17H2,(H2,34,41)(H,35,37,40). The van der Waals surface area contributed by atoms with Crippen LogP contribution in [-0.4, -0.2) is 57.9 Å². The highest BCUT2D eigenvalue weighted by Gasteiger charge is 2.22. The molecule has 44 heavy (non-hydrogen) atoms. The summed E-state index contributed by atoms with van der Waals surface area (Å²) in [6, 6.07) is 19.2. The van der Waals surface area contributed by atoms with Gasteiger partial charge in [0, 0.05) is 42.9 Å². The molecule has 0 saturated carbocycles. The molecule has 6 heterocycles. The Balaban J connectivity index is 1.12. The van der Waals surface area contributed by atoms with Gasteiger partial charge in [0.25, 0.3) is 0 Å². The second-order valence-corrected chi connectivity index (χ2v) is 11.2. The summed E-state index contributed by atoms with van der Waals surface area (Å²) in [4.78, 5) is 24.6. The third kappa shape index (κ3) is 5.56. The van der Waals surface area contributed by atoms with Gasteiger partial charge < -0.3 is 11.1 Å². The van der Waals surface area contributed by atoms with Crippen molar-refractivity contribution in [2.45, 2.75) is 25.4 Å². The van der Waals surface area contributed by atoms with E-state index in [4.69, 9.17) is 21.0 Å². The molecule has 0 bridgehead atoms. The third-order valence-electron chi connectivity index (χ3n) is 7.63. The first-order valence-electron chi connectivity index (χ1n) is 14.1. The molecule has 0 atom stereocenters. The number of aromatic nitrogens is 7. The van der Waals surface area contributed by atoms with Crippen molar-refractivity contribution in [3.05, 3.63) is 89.6 Å². The van der Waals surface area contributed by atoms with Gasteiger partial charge in [0.05, 0.1) is 23.1 Å². The van der Waals surface area contributed by atoms with Crippen molar-refractivity contribution in [1.29, 1.82) is 5.26 Å². The SMILES string of the molecule is N#Cc1nccc(NC2CCN(Cc3ccc(-n4c(-c5csnc5N)nc5ccc(-c6ccc(F)cn6)nc54)cc3)CC2)n1. The Kier molecular flexibility index (Phi) is 7.35. The maximum atomic E-state index is 13.5. The Labute approximate surface area is 256 Å². The van der Waals surface area contributed by atoms with E-state index in [0.717, 1.165) is 43.7 Å². The molecular weight excluding hydrogens is 577 g/mol. The van der Waals surface area contributed by atoms with Crippen molar-refractivity contribution >= 4 is 34.3 Å². The molecule has 11 nitrogen and oxygen atoms in total. The van der Waals surface area contributed by atoms with Crippen LogP contribution in [0.5, 0.6) is 0 Å². The van der Waals surface area contributed by atoms with Crippen molar-refractivity contribution < 1.29 is 4.39 Å². The van der Waals surface area contributed by atoms with Gasteiger partial charge in [-0.05, 0) is 72.4 Å². The molecule has 1 aliphatic rings. The van der Waals surface area contributed by atoms with Gasteiger partial charge in [-0.2, -0.15) is 9.64 Å². The third-order valence-corrected chi connectivity index (χ3v) is 8.27. The number of piperidine rings is 1. The highest BCUT2D eigenvalue weighted by atomic mass is 32.1. The van der Waals surface area contributed by atoms with E-state index in [2.05, 4.69) is 53.8 Å². The number of fused-ring (bicyclic) bond motifs is 1. The number of benzene rings is 1. The van der Waals surface area contributed by atoms with E-state index < -0.39 is 5.82 Å². The zero-order chi connectivity index (χ0) is 30.0. The lowest BCUT2D eigenvalue weighted by Crippen LogP contribution is -2.38. The van der Waals surface area contributed by atoms with E-state index in [1.54, 1.807) is 18.3 Å². The summed E-state index contributed by atoms with van der Waals surface area (Å²) in [5.41, 5.74) is 11.6. The maximum absolute atomic E-state index is 13.5. The molecule has 13 heteroatoms. The number of nitrogen functional groups attached to an aromatic ring is 1. The van der Waals surface area contributed by atoms with E-state index in [1.165, 1.54) is 29.4 Å². The van der Waals surface area contributed by atoms with Crippen molar-refractivity contribution in [2.75, 3.05) is 24.1 Å². The highest BCUT2D eigenvalue weighted by molar-refractivity contribution is 7.04. The molecule has 7 rings (SSSR count). The first-order chi connectivity index (χ1) is 21.5. The molecule has 3 N–H and O–H groups in total. The summed E-state index contributed by atoms with van der Waals surface area (Å²) in [5.74, 6) is 1.51. The van der Waals surface area contributed by atoms with Gasteiger partial charge in [-0.1, -0.05) is 12.1 Å². The topological polar surface area (TPSA) is 147 Å². The van der Waals surface area contributed by atoms with Crippen LogP contribution >= 0.6 is 11.5 Å². The average molecular weight is 604 g/mol. The molecule has 1 aliphatic heterocycles. The quantitative estimate of drug-likeness (QED) is 0.254. The number of halogens is 1. The molecule has 1 saturated heterocycles. The van der Waals surface area contributed by atoms with Crippen LogP contribution in [0.3, 0.4) is 0 Å². The fourth-order valence-corrected chi connectivity index (χ4v) is 6.01. The van der Waals surface area contributed by atoms with Gasteiger partial charge in [0.2, 0.25) is 5.82 Å². The molecule has 218 valence electrons. The maximum Gasteiger partial charge on any atom is 0.234 e. The zero-order valence-electron chi connectivity index (χ0n) is 23.4. The lowest BCUT2D eigenvalue weighted by atomic mass is 10.0. The number of rotatable bonds is 7. The molecular formula is C31H26FN11S. The van der Waals surface area contributed by atoms with Gasteiger partial charge in [-0.15, -0.1) is 0 Å². The van der Waals surface area contributed by atoms with Crippen molar-refractivity contribution in [3.63, 3.8) is 0 Å². The summed E-state index contributed by atoms with van der Waals surface area (Å²) in [7, 11) is 0. The number of pyridine rings is 2. The Morgan fingerprint density at radius 1 is 0.977 bits per heavy atom. The van der Waals surface area contributed by atoms with Crippen LogP contribution in [0.2, 0.25) is 0 Å². The van der Waals surface area contributed by atoms with Crippen LogP contribution < -0.4 is 11.1 Å². The summed E-state index contributed by atoms with van der Waals surface area (Å²) in [6.07, 6.45) is 4.73. The van der Waals surface area contributed by atoms with Crippen LogP contribution in [0.15, 0.2) is 72.4 Å². The smallest absolute Gasteiger partial charge is 0.234 e. The fourth-order valence-electron chi connectivity index (χ4n) is 5.41. The molecule has 1 fully saturated rings. The number of imidazole rings is 1. The van der Waals surface area contributed by atoms with Crippen molar-refractivity contribution in [3.8, 4) is 34.5 Å². The Hall–Kier alpha value is -5.32. The molecule has 6 aromatic rings. The number of nitrogens with one attached hydrogen (secondary N) is 1. The number of likely N-dealkylation sites (tertiary alicyclic amines) is 1. The fraction of sp³-hybridized carbons (Fsp3) is 0.194. The summed E-state index contributed by atoms with van der Waals surface area (Å²) < 4.78 is 19.7. The number of nitrogens with two attached hydrogens (primary N) is 1. The minimum atomic E-state index is -0.402. The van der Waals surface area contributed by atoms with Crippen LogP contribution in [0.1, 0.15) is 24.2 Å². The molecule has 5 aromatic heterocycles. The molecule has 0 radical (unpaired) electrons. The minimum absolute atomic E-state index is 0.170. The molecule has 0 aliphatic carbocycles. The van der Waals surface area contributed by atoms with E-state index in [0.29, 0.717) is 46.1 Å². The Morgan fingerprint density at radius 2 is 1.80 bits per heavy atom. The monoisotopic (exact) mass is 603 g/mol.